The Morgan fingerprint density at radius 2 is 2.05 bits per heavy atom. The predicted octanol–water partition coefficient (Wildman–Crippen LogP) is 0.659. The lowest BCUT2D eigenvalue weighted by molar-refractivity contribution is -0.383. The molecular formula is C12H13BN5O3. The van der Waals surface area contributed by atoms with Crippen molar-refractivity contribution in [2.24, 2.45) is 0 Å². The molecule has 2 N–H and O–H groups in total. The maximum Gasteiger partial charge on any atom is 0.293 e. The van der Waals surface area contributed by atoms with Crippen molar-refractivity contribution >= 4 is 36.3 Å². The molecule has 8 nitrogen and oxygen atoms in total. The summed E-state index contributed by atoms with van der Waals surface area (Å²) >= 11 is 0. The fourth-order valence-electron chi connectivity index (χ4n) is 2.28. The van der Waals surface area contributed by atoms with Crippen LogP contribution in [0, 0.1) is 16.7 Å². The molecule has 0 unspecified atom stereocenters. The van der Waals surface area contributed by atoms with E-state index in [0.717, 1.165) is 6.19 Å². The Morgan fingerprint density at radius 1 is 1.38 bits per heavy atom. The first-order valence-corrected chi connectivity index (χ1v) is 6.30. The molecule has 1 fully saturated rings. The number of carbonyl (C=O) groups excluding carboxylic acids is 1. The van der Waals surface area contributed by atoms with Crippen molar-refractivity contribution in [2.75, 3.05) is 36.8 Å². The van der Waals surface area contributed by atoms with Crippen LogP contribution in [-0.4, -0.2) is 49.5 Å². The summed E-state index contributed by atoms with van der Waals surface area (Å²) in [5, 5.41) is 10.9. The lowest BCUT2D eigenvalue weighted by Gasteiger charge is -2.36. The number of carbonyl (C=O) groups is 1. The number of nitro groups is 1. The van der Waals surface area contributed by atoms with Crippen LogP contribution in [0.2, 0.25) is 0 Å². The van der Waals surface area contributed by atoms with E-state index < -0.39 is 4.92 Å². The number of nitrogens with zero attached hydrogens (tertiary/aromatic N) is 4. The topological polar surface area (TPSA) is 97.1 Å². The standard InChI is InChI=1S/C12H13BN5O3/c1-15-10-7-11(18(20)21)9(14)6-12(10)16-2-4-17(5-3-16)13-8-19/h6-8H,2-5,14H2. The Kier molecular flexibility index (Phi) is 4.40. The summed E-state index contributed by atoms with van der Waals surface area (Å²) in [6.07, 6.45) is 0.740. The fraction of sp³-hybridized carbons (Fsp3) is 0.333. The molecule has 1 aromatic carbocycles. The zero-order chi connectivity index (χ0) is 15.4. The van der Waals surface area contributed by atoms with Gasteiger partial charge in [-0.3, -0.25) is 10.1 Å². The summed E-state index contributed by atoms with van der Waals surface area (Å²) in [6, 6.07) is 2.69. The molecule has 0 aromatic heterocycles. The highest BCUT2D eigenvalue weighted by molar-refractivity contribution is 6.64. The maximum atomic E-state index is 10.9. The molecule has 1 aliphatic heterocycles. The van der Waals surface area contributed by atoms with Crippen LogP contribution in [0.15, 0.2) is 12.1 Å². The van der Waals surface area contributed by atoms with E-state index in [0.29, 0.717) is 31.9 Å². The Balaban J connectivity index is 2.25. The van der Waals surface area contributed by atoms with Gasteiger partial charge < -0.3 is 20.2 Å². The summed E-state index contributed by atoms with van der Waals surface area (Å²) < 4.78 is 0. The number of piperazine rings is 1. The van der Waals surface area contributed by atoms with E-state index in [2.05, 4.69) is 4.85 Å². The number of nitro benzene ring substituents is 1. The van der Waals surface area contributed by atoms with Crippen molar-refractivity contribution in [3.05, 3.63) is 33.7 Å². The van der Waals surface area contributed by atoms with Crippen LogP contribution in [0.4, 0.5) is 22.7 Å². The van der Waals surface area contributed by atoms with Crippen molar-refractivity contribution in [1.29, 1.82) is 0 Å². The summed E-state index contributed by atoms with van der Waals surface area (Å²) in [5.41, 5.74) is 6.29. The molecule has 0 amide bonds. The van der Waals surface area contributed by atoms with Gasteiger partial charge in [0.1, 0.15) is 5.69 Å². The molecule has 0 atom stereocenters. The minimum Gasteiger partial charge on any atom is -0.393 e. The molecule has 0 aliphatic carbocycles. The van der Waals surface area contributed by atoms with Gasteiger partial charge in [0.2, 0.25) is 5.69 Å². The van der Waals surface area contributed by atoms with Gasteiger partial charge in [-0.2, -0.15) is 0 Å². The van der Waals surface area contributed by atoms with Crippen LogP contribution >= 0.6 is 0 Å². The summed E-state index contributed by atoms with van der Waals surface area (Å²) in [7, 11) is 1.48. The van der Waals surface area contributed by atoms with Crippen LogP contribution in [0.1, 0.15) is 0 Å². The first-order chi connectivity index (χ1) is 10.1. The molecule has 1 heterocycles. The lowest BCUT2D eigenvalue weighted by Crippen LogP contribution is -2.48. The fourth-order valence-corrected chi connectivity index (χ4v) is 2.28. The zero-order valence-corrected chi connectivity index (χ0v) is 11.2. The molecule has 1 aromatic rings. The third-order valence-electron chi connectivity index (χ3n) is 3.37. The van der Waals surface area contributed by atoms with E-state index in [4.69, 9.17) is 12.3 Å². The SMILES string of the molecule is [C-]#[N+]c1cc([N+](=O)[O-])c(N)cc1N1CCN([B]C=O)CC1. The van der Waals surface area contributed by atoms with Gasteiger partial charge in [-0.05, 0) is 6.07 Å². The molecule has 9 heteroatoms. The second kappa shape index (κ2) is 6.24. The summed E-state index contributed by atoms with van der Waals surface area (Å²) in [5.74, 6) is 0. The minimum absolute atomic E-state index is 0.0456. The molecular weight excluding hydrogens is 273 g/mol. The van der Waals surface area contributed by atoms with Gasteiger partial charge in [-0.15, -0.1) is 0 Å². The van der Waals surface area contributed by atoms with Gasteiger partial charge in [0.05, 0.1) is 17.7 Å². The third kappa shape index (κ3) is 3.12. The summed E-state index contributed by atoms with van der Waals surface area (Å²) in [6.45, 7) is 9.71. The Labute approximate surface area is 122 Å². The number of benzene rings is 1. The van der Waals surface area contributed by atoms with Crippen molar-refractivity contribution in [1.82, 2.24) is 4.81 Å². The number of nitrogen functional groups attached to an aromatic ring is 1. The van der Waals surface area contributed by atoms with Crippen molar-refractivity contribution in [2.45, 2.75) is 0 Å². The molecule has 107 valence electrons. The number of hydrogen-bond acceptors (Lipinski definition) is 6. The molecule has 0 bridgehead atoms. The average Bonchev–Trinajstić information content (AvgIpc) is 2.48. The smallest absolute Gasteiger partial charge is 0.293 e. The van der Waals surface area contributed by atoms with E-state index in [9.17, 15) is 14.9 Å². The van der Waals surface area contributed by atoms with Crippen LogP contribution in [0.3, 0.4) is 0 Å². The molecule has 0 spiro atoms. The Morgan fingerprint density at radius 3 is 2.57 bits per heavy atom. The van der Waals surface area contributed by atoms with E-state index in [-0.39, 0.29) is 17.1 Å². The number of nitrogens with two attached hydrogens (primary N) is 1. The highest BCUT2D eigenvalue weighted by atomic mass is 16.6. The van der Waals surface area contributed by atoms with Crippen LogP contribution in [0.25, 0.3) is 4.85 Å². The molecule has 1 radical (unpaired) electrons. The van der Waals surface area contributed by atoms with Gasteiger partial charge in [0.15, 0.2) is 0 Å². The number of rotatable bonds is 4. The third-order valence-corrected chi connectivity index (χ3v) is 3.37. The zero-order valence-electron chi connectivity index (χ0n) is 11.2. The summed E-state index contributed by atoms with van der Waals surface area (Å²) in [4.78, 5) is 27.9. The van der Waals surface area contributed by atoms with Crippen LogP contribution in [0.5, 0.6) is 0 Å². The second-order valence-electron chi connectivity index (χ2n) is 4.58. The average molecular weight is 286 g/mol. The largest absolute Gasteiger partial charge is 0.393 e. The first kappa shape index (κ1) is 14.8. The highest BCUT2D eigenvalue weighted by Gasteiger charge is 2.23. The van der Waals surface area contributed by atoms with Gasteiger partial charge >= 0.3 is 0 Å². The first-order valence-electron chi connectivity index (χ1n) is 6.30. The van der Waals surface area contributed by atoms with Crippen molar-refractivity contribution in [3.8, 4) is 0 Å². The van der Waals surface area contributed by atoms with Crippen LogP contribution in [-0.2, 0) is 4.79 Å². The Hall–Kier alpha value is -2.60. The molecule has 2 rings (SSSR count). The van der Waals surface area contributed by atoms with Crippen molar-refractivity contribution in [3.63, 3.8) is 0 Å². The predicted molar refractivity (Wildman–Crippen MR) is 80.1 cm³/mol. The maximum absolute atomic E-state index is 10.9. The van der Waals surface area contributed by atoms with Gasteiger partial charge in [0, 0.05) is 37.9 Å². The van der Waals surface area contributed by atoms with E-state index in [1.807, 2.05) is 9.71 Å². The normalized spacial score (nSPS) is 15.3. The van der Waals surface area contributed by atoms with Gasteiger partial charge in [-0.25, -0.2) is 4.85 Å². The van der Waals surface area contributed by atoms with Crippen molar-refractivity contribution < 1.29 is 9.72 Å². The minimum atomic E-state index is -0.592. The molecule has 1 aliphatic rings. The van der Waals surface area contributed by atoms with Gasteiger partial charge in [-0.1, -0.05) is 0 Å². The monoisotopic (exact) mass is 286 g/mol. The van der Waals surface area contributed by atoms with E-state index >= 15 is 0 Å². The molecule has 1 saturated heterocycles. The quantitative estimate of drug-likeness (QED) is 0.218. The second-order valence-corrected chi connectivity index (χ2v) is 4.58. The van der Waals surface area contributed by atoms with E-state index in [1.54, 1.807) is 0 Å². The highest BCUT2D eigenvalue weighted by Crippen LogP contribution is 2.37. The van der Waals surface area contributed by atoms with Crippen LogP contribution < -0.4 is 10.6 Å². The van der Waals surface area contributed by atoms with E-state index in [1.165, 1.54) is 19.5 Å². The van der Waals surface area contributed by atoms with Gasteiger partial charge in [0.25, 0.3) is 13.1 Å². The molecule has 0 saturated carbocycles. The molecule has 21 heavy (non-hydrogen) atoms. The lowest BCUT2D eigenvalue weighted by atomic mass is 9.93. The number of anilines is 2. The number of hydrogen-bond donors (Lipinski definition) is 1. The Bertz CT molecular complexity index is 608.